The molecule has 7 heteroatoms. The highest BCUT2D eigenvalue weighted by Gasteiger charge is 2.31. The van der Waals surface area contributed by atoms with Crippen LogP contribution in [0.2, 0.25) is 0 Å². The Morgan fingerprint density at radius 3 is 2.68 bits per heavy atom. The van der Waals surface area contributed by atoms with E-state index in [1.54, 1.807) is 12.1 Å². The number of aryl methyl sites for hydroxylation is 1. The fourth-order valence-corrected chi connectivity index (χ4v) is 5.38. The molecule has 1 aliphatic heterocycles. The number of nitrogens with one attached hydrogen (secondary N) is 1. The summed E-state index contributed by atoms with van der Waals surface area (Å²) in [6.45, 7) is 16.6. The summed E-state index contributed by atoms with van der Waals surface area (Å²) < 4.78 is 21.1. The monoisotopic (exact) mass is 518 g/mol. The number of rotatable bonds is 11. The normalized spacial score (nSPS) is 14.9. The van der Waals surface area contributed by atoms with E-state index in [1.165, 1.54) is 35.4 Å². The molecule has 0 saturated carbocycles. The minimum absolute atomic E-state index is 0.195. The Bertz CT molecular complexity index is 1320. The summed E-state index contributed by atoms with van der Waals surface area (Å²) in [4.78, 5) is 15.6. The molecule has 1 aliphatic rings. The summed E-state index contributed by atoms with van der Waals surface area (Å²) in [6, 6.07) is 6.17. The summed E-state index contributed by atoms with van der Waals surface area (Å²) in [5.74, 6) is -0.297. The number of hydrogen-bond acceptors (Lipinski definition) is 4. The maximum absolute atomic E-state index is 13.7. The van der Waals surface area contributed by atoms with Gasteiger partial charge in [-0.2, -0.15) is 5.10 Å². The molecule has 0 aliphatic carbocycles. The highest BCUT2D eigenvalue weighted by atomic mass is 19.1. The summed E-state index contributed by atoms with van der Waals surface area (Å²) >= 11 is 0. The number of amides is 1. The summed E-state index contributed by atoms with van der Waals surface area (Å²) in [6.07, 6.45) is 11.0. The van der Waals surface area contributed by atoms with Crippen LogP contribution >= 0.6 is 0 Å². The van der Waals surface area contributed by atoms with Crippen LogP contribution in [0.3, 0.4) is 0 Å². The topological polar surface area (TPSA) is 58.9 Å². The molecule has 1 saturated heterocycles. The van der Waals surface area contributed by atoms with Gasteiger partial charge in [0, 0.05) is 37.5 Å². The number of carbonyl (C=O) groups excluding carboxylic acids is 1. The molecule has 0 unspecified atom stereocenters. The lowest BCUT2D eigenvalue weighted by molar-refractivity contribution is 0.0945. The second kappa shape index (κ2) is 11.8. The minimum Gasteiger partial charge on any atom is -0.489 e. The first kappa shape index (κ1) is 27.4. The Balaban J connectivity index is 1.57. The van der Waals surface area contributed by atoms with E-state index >= 15 is 0 Å². The molecule has 3 heterocycles. The molecule has 202 valence electrons. The van der Waals surface area contributed by atoms with Gasteiger partial charge in [-0.05, 0) is 67.7 Å². The van der Waals surface area contributed by atoms with Gasteiger partial charge in [0.05, 0.1) is 11.2 Å². The molecule has 1 N–H and O–H groups in total. The van der Waals surface area contributed by atoms with Crippen LogP contribution in [0.25, 0.3) is 5.52 Å². The van der Waals surface area contributed by atoms with Crippen molar-refractivity contribution in [1.82, 2.24) is 14.9 Å². The number of hydrogen-bond donors (Lipinski definition) is 1. The SMILES string of the molecule is C=CCCC1(C)CCN(c2c(CC)c(C)cn3nc(C(=O)NCc4ccc(F)cc4OCC=C)cc23)CC1. The van der Waals surface area contributed by atoms with Crippen molar-refractivity contribution in [3.63, 3.8) is 0 Å². The molecule has 2 aromatic heterocycles. The van der Waals surface area contributed by atoms with Crippen molar-refractivity contribution in [1.29, 1.82) is 0 Å². The van der Waals surface area contributed by atoms with E-state index < -0.39 is 5.82 Å². The third-order valence-electron chi connectivity index (χ3n) is 7.71. The largest absolute Gasteiger partial charge is 0.489 e. The first-order valence-electron chi connectivity index (χ1n) is 13.5. The van der Waals surface area contributed by atoms with Gasteiger partial charge in [0.1, 0.15) is 18.2 Å². The van der Waals surface area contributed by atoms with Crippen LogP contribution in [-0.4, -0.2) is 35.2 Å². The van der Waals surface area contributed by atoms with E-state index in [9.17, 15) is 9.18 Å². The zero-order valence-corrected chi connectivity index (χ0v) is 22.9. The molecule has 3 aromatic rings. The lowest BCUT2D eigenvalue weighted by Crippen LogP contribution is -2.39. The number of aromatic nitrogens is 2. The van der Waals surface area contributed by atoms with Crippen LogP contribution in [-0.2, 0) is 13.0 Å². The second-order valence-corrected chi connectivity index (χ2v) is 10.5. The number of pyridine rings is 1. The van der Waals surface area contributed by atoms with Crippen LogP contribution in [0.5, 0.6) is 5.75 Å². The summed E-state index contributed by atoms with van der Waals surface area (Å²) in [7, 11) is 0. The Labute approximate surface area is 225 Å². The molecule has 0 atom stereocenters. The molecule has 0 spiro atoms. The molecule has 1 amide bonds. The number of ether oxygens (including phenoxy) is 1. The van der Waals surface area contributed by atoms with Crippen molar-refractivity contribution < 1.29 is 13.9 Å². The number of benzene rings is 1. The third kappa shape index (κ3) is 5.93. The van der Waals surface area contributed by atoms with Gasteiger partial charge in [0.15, 0.2) is 5.69 Å². The average molecular weight is 519 g/mol. The quantitative estimate of drug-likeness (QED) is 0.298. The molecule has 6 nitrogen and oxygen atoms in total. The van der Waals surface area contributed by atoms with E-state index in [-0.39, 0.29) is 19.1 Å². The number of fused-ring (bicyclic) bond motifs is 1. The zero-order valence-electron chi connectivity index (χ0n) is 22.9. The van der Waals surface area contributed by atoms with E-state index in [0.29, 0.717) is 22.4 Å². The minimum atomic E-state index is -0.396. The fourth-order valence-electron chi connectivity index (χ4n) is 5.38. The summed E-state index contributed by atoms with van der Waals surface area (Å²) in [5, 5.41) is 7.55. The van der Waals surface area contributed by atoms with Gasteiger partial charge in [-0.15, -0.1) is 6.58 Å². The van der Waals surface area contributed by atoms with Crippen LogP contribution in [0.15, 0.2) is 55.8 Å². The first-order valence-corrected chi connectivity index (χ1v) is 13.5. The van der Waals surface area contributed by atoms with Gasteiger partial charge in [-0.1, -0.05) is 38.6 Å². The maximum Gasteiger partial charge on any atom is 0.272 e. The maximum atomic E-state index is 13.7. The second-order valence-electron chi connectivity index (χ2n) is 10.5. The number of allylic oxidation sites excluding steroid dienone is 1. The molecule has 4 rings (SSSR count). The first-order chi connectivity index (χ1) is 18.3. The summed E-state index contributed by atoms with van der Waals surface area (Å²) in [5.41, 5.74) is 5.96. The molecule has 1 aromatic carbocycles. The lowest BCUT2D eigenvalue weighted by Gasteiger charge is -2.41. The van der Waals surface area contributed by atoms with Crippen molar-refractivity contribution in [2.75, 3.05) is 24.6 Å². The van der Waals surface area contributed by atoms with Gasteiger partial charge in [-0.3, -0.25) is 4.79 Å². The molecule has 0 radical (unpaired) electrons. The van der Waals surface area contributed by atoms with Crippen LogP contribution in [0.4, 0.5) is 10.1 Å². The molecular formula is C31H39FN4O2. The van der Waals surface area contributed by atoms with Gasteiger partial charge in [0.25, 0.3) is 5.91 Å². The predicted molar refractivity (Wildman–Crippen MR) is 152 cm³/mol. The van der Waals surface area contributed by atoms with Gasteiger partial charge in [0.2, 0.25) is 0 Å². The van der Waals surface area contributed by atoms with Crippen molar-refractivity contribution >= 4 is 17.1 Å². The van der Waals surface area contributed by atoms with Gasteiger partial charge < -0.3 is 15.0 Å². The van der Waals surface area contributed by atoms with Gasteiger partial charge in [-0.25, -0.2) is 8.91 Å². The number of nitrogens with zero attached hydrogens (tertiary/aromatic N) is 3. The van der Waals surface area contributed by atoms with E-state index in [0.717, 1.165) is 44.3 Å². The number of anilines is 1. The number of halogens is 1. The lowest BCUT2D eigenvalue weighted by atomic mass is 9.76. The Morgan fingerprint density at radius 1 is 1.24 bits per heavy atom. The Kier molecular flexibility index (Phi) is 8.55. The van der Waals surface area contributed by atoms with Crippen molar-refractivity contribution in [2.45, 2.75) is 59.4 Å². The highest BCUT2D eigenvalue weighted by molar-refractivity contribution is 5.95. The van der Waals surface area contributed by atoms with Crippen LogP contribution in [0.1, 0.15) is 66.7 Å². The molecule has 0 bridgehead atoms. The van der Waals surface area contributed by atoms with Gasteiger partial charge >= 0.3 is 0 Å². The fraction of sp³-hybridized carbons (Fsp3) is 0.419. The van der Waals surface area contributed by atoms with E-state index in [4.69, 9.17) is 4.74 Å². The standard InChI is InChI=1S/C31H39FN4O2/c1-6-9-12-31(5)13-15-35(16-14-31)29-25(8-3)22(4)21-36-27(29)19-26(34-36)30(37)33-20-23-10-11-24(32)18-28(23)38-17-7-2/h6-7,10-11,18-19,21H,1-2,8-9,12-17,20H2,3-5H3,(H,33,37). The van der Waals surface area contributed by atoms with Crippen molar-refractivity contribution in [3.8, 4) is 5.75 Å². The van der Waals surface area contributed by atoms with Crippen molar-refractivity contribution in [3.05, 3.63) is 84.0 Å². The number of piperidine rings is 1. The zero-order chi connectivity index (χ0) is 27.3. The predicted octanol–water partition coefficient (Wildman–Crippen LogP) is 6.41. The van der Waals surface area contributed by atoms with Crippen LogP contribution < -0.4 is 15.0 Å². The molecular weight excluding hydrogens is 479 g/mol. The smallest absolute Gasteiger partial charge is 0.272 e. The Hall–Kier alpha value is -3.61. The molecule has 1 fully saturated rings. The average Bonchev–Trinajstić information content (AvgIpc) is 3.33. The third-order valence-corrected chi connectivity index (χ3v) is 7.71. The van der Waals surface area contributed by atoms with E-state index in [2.05, 4.69) is 49.2 Å². The highest BCUT2D eigenvalue weighted by Crippen LogP contribution is 2.40. The Morgan fingerprint density at radius 2 is 2.00 bits per heavy atom. The van der Waals surface area contributed by atoms with E-state index in [1.807, 2.05) is 22.9 Å². The number of carbonyl (C=O) groups is 1. The molecule has 38 heavy (non-hydrogen) atoms. The van der Waals surface area contributed by atoms with Crippen LogP contribution in [0, 0.1) is 18.2 Å². The van der Waals surface area contributed by atoms with Crippen molar-refractivity contribution in [2.24, 2.45) is 5.41 Å².